The van der Waals surface area contributed by atoms with Gasteiger partial charge in [0.05, 0.1) is 0 Å². The molecule has 0 aliphatic heterocycles. The molecular weight excluding hydrogens is 296 g/mol. The van der Waals surface area contributed by atoms with E-state index in [0.717, 1.165) is 12.2 Å². The van der Waals surface area contributed by atoms with Crippen LogP contribution in [0.25, 0.3) is 0 Å². The SMILES string of the molecule is CCn1ccnc1NC(=O)c1nc(C)ccc1Br. The van der Waals surface area contributed by atoms with Crippen molar-refractivity contribution in [3.05, 3.63) is 40.4 Å². The quantitative estimate of drug-likeness (QED) is 0.948. The molecule has 0 fully saturated rings. The molecular formula is C12H13BrN4O. The molecule has 6 heteroatoms. The Morgan fingerprint density at radius 2 is 2.28 bits per heavy atom. The Morgan fingerprint density at radius 1 is 1.50 bits per heavy atom. The molecule has 0 aliphatic carbocycles. The third-order valence-corrected chi connectivity index (χ3v) is 3.12. The number of pyridine rings is 1. The molecule has 1 N–H and O–H groups in total. The van der Waals surface area contributed by atoms with Crippen molar-refractivity contribution in [2.75, 3.05) is 5.32 Å². The lowest BCUT2D eigenvalue weighted by Crippen LogP contribution is -2.17. The van der Waals surface area contributed by atoms with Crippen molar-refractivity contribution in [2.45, 2.75) is 20.4 Å². The number of hydrogen-bond donors (Lipinski definition) is 1. The molecule has 2 aromatic heterocycles. The van der Waals surface area contributed by atoms with Gasteiger partial charge in [-0.25, -0.2) is 9.97 Å². The summed E-state index contributed by atoms with van der Waals surface area (Å²) in [4.78, 5) is 20.4. The van der Waals surface area contributed by atoms with Crippen molar-refractivity contribution in [3.63, 3.8) is 0 Å². The Morgan fingerprint density at radius 3 is 3.00 bits per heavy atom. The Labute approximate surface area is 113 Å². The van der Waals surface area contributed by atoms with Crippen LogP contribution in [0.1, 0.15) is 23.1 Å². The normalized spacial score (nSPS) is 10.4. The monoisotopic (exact) mass is 308 g/mol. The summed E-state index contributed by atoms with van der Waals surface area (Å²) >= 11 is 3.32. The van der Waals surface area contributed by atoms with E-state index >= 15 is 0 Å². The van der Waals surface area contributed by atoms with Crippen LogP contribution in [-0.4, -0.2) is 20.4 Å². The van der Waals surface area contributed by atoms with Gasteiger partial charge < -0.3 is 4.57 Å². The molecule has 18 heavy (non-hydrogen) atoms. The van der Waals surface area contributed by atoms with Gasteiger partial charge in [-0.3, -0.25) is 10.1 Å². The summed E-state index contributed by atoms with van der Waals surface area (Å²) in [6, 6.07) is 3.65. The number of halogens is 1. The first kappa shape index (κ1) is 12.8. The largest absolute Gasteiger partial charge is 0.317 e. The molecule has 2 rings (SSSR count). The summed E-state index contributed by atoms with van der Waals surface area (Å²) in [5.41, 5.74) is 1.16. The van der Waals surface area contributed by atoms with Gasteiger partial charge in [-0.05, 0) is 41.9 Å². The van der Waals surface area contributed by atoms with Gasteiger partial charge in [0, 0.05) is 29.1 Å². The first-order chi connectivity index (χ1) is 8.61. The molecule has 5 nitrogen and oxygen atoms in total. The van der Waals surface area contributed by atoms with Crippen molar-refractivity contribution >= 4 is 27.8 Å². The molecule has 94 valence electrons. The summed E-state index contributed by atoms with van der Waals surface area (Å²) in [5.74, 6) is 0.254. The number of hydrogen-bond acceptors (Lipinski definition) is 3. The lowest BCUT2D eigenvalue weighted by Gasteiger charge is -2.07. The number of aryl methyl sites for hydroxylation is 2. The number of nitrogens with zero attached hydrogens (tertiary/aromatic N) is 3. The lowest BCUT2D eigenvalue weighted by atomic mass is 10.3. The number of carbonyl (C=O) groups is 1. The molecule has 0 aliphatic rings. The number of imidazole rings is 1. The Kier molecular flexibility index (Phi) is 3.76. The third-order valence-electron chi connectivity index (χ3n) is 2.48. The second kappa shape index (κ2) is 5.30. The minimum atomic E-state index is -0.272. The molecule has 1 amide bonds. The van der Waals surface area contributed by atoms with Crippen molar-refractivity contribution in [1.29, 1.82) is 0 Å². The smallest absolute Gasteiger partial charge is 0.277 e. The summed E-state index contributed by atoms with van der Waals surface area (Å²) in [6.07, 6.45) is 3.46. The average Bonchev–Trinajstić information content (AvgIpc) is 2.79. The summed E-state index contributed by atoms with van der Waals surface area (Å²) < 4.78 is 2.52. The van der Waals surface area contributed by atoms with Crippen LogP contribution in [0.2, 0.25) is 0 Å². The minimum absolute atomic E-state index is 0.272. The number of anilines is 1. The van der Waals surface area contributed by atoms with Crippen LogP contribution in [-0.2, 0) is 6.54 Å². The van der Waals surface area contributed by atoms with Gasteiger partial charge in [-0.1, -0.05) is 0 Å². The van der Waals surface area contributed by atoms with Gasteiger partial charge in [0.25, 0.3) is 5.91 Å². The van der Waals surface area contributed by atoms with Gasteiger partial charge in [0.1, 0.15) is 5.69 Å². The van der Waals surface area contributed by atoms with E-state index in [9.17, 15) is 4.79 Å². The van der Waals surface area contributed by atoms with Gasteiger partial charge in [0.2, 0.25) is 5.95 Å². The number of aromatic nitrogens is 3. The average molecular weight is 309 g/mol. The fourth-order valence-corrected chi connectivity index (χ4v) is 1.95. The first-order valence-electron chi connectivity index (χ1n) is 5.57. The number of nitrogens with one attached hydrogen (secondary N) is 1. The van der Waals surface area contributed by atoms with Crippen molar-refractivity contribution in [1.82, 2.24) is 14.5 Å². The molecule has 0 bridgehead atoms. The highest BCUT2D eigenvalue weighted by atomic mass is 79.9. The van der Waals surface area contributed by atoms with E-state index in [0.29, 0.717) is 16.1 Å². The van der Waals surface area contributed by atoms with E-state index in [-0.39, 0.29) is 5.91 Å². The molecule has 0 spiro atoms. The fraction of sp³-hybridized carbons (Fsp3) is 0.250. The molecule has 0 unspecified atom stereocenters. The maximum Gasteiger partial charge on any atom is 0.277 e. The Hall–Kier alpha value is -1.69. The van der Waals surface area contributed by atoms with Crippen LogP contribution in [0.5, 0.6) is 0 Å². The van der Waals surface area contributed by atoms with Gasteiger partial charge in [-0.2, -0.15) is 0 Å². The highest BCUT2D eigenvalue weighted by molar-refractivity contribution is 9.10. The van der Waals surface area contributed by atoms with Crippen LogP contribution >= 0.6 is 15.9 Å². The van der Waals surface area contributed by atoms with Crippen LogP contribution < -0.4 is 5.32 Å². The highest BCUT2D eigenvalue weighted by Crippen LogP contribution is 2.16. The topological polar surface area (TPSA) is 59.8 Å². The molecule has 2 heterocycles. The van der Waals surface area contributed by atoms with Crippen molar-refractivity contribution in [2.24, 2.45) is 0 Å². The van der Waals surface area contributed by atoms with E-state index in [1.807, 2.05) is 36.7 Å². The van der Waals surface area contributed by atoms with Crippen LogP contribution in [0, 0.1) is 6.92 Å². The standard InChI is InChI=1S/C12H13BrN4O/c1-3-17-7-6-14-12(17)16-11(18)10-9(13)5-4-8(2)15-10/h4-7H,3H2,1-2H3,(H,14,16,18). The Bertz CT molecular complexity index is 579. The summed E-state index contributed by atoms with van der Waals surface area (Å²) in [7, 11) is 0. The van der Waals surface area contributed by atoms with Gasteiger partial charge in [-0.15, -0.1) is 0 Å². The van der Waals surface area contributed by atoms with E-state index in [1.165, 1.54) is 0 Å². The van der Waals surface area contributed by atoms with Crippen LogP contribution in [0.15, 0.2) is 29.0 Å². The number of rotatable bonds is 3. The maximum atomic E-state index is 12.1. The summed E-state index contributed by atoms with van der Waals surface area (Å²) in [6.45, 7) is 4.58. The molecule has 0 atom stereocenters. The van der Waals surface area contributed by atoms with E-state index in [2.05, 4.69) is 31.2 Å². The molecule has 2 aromatic rings. The predicted molar refractivity (Wildman–Crippen MR) is 72.5 cm³/mol. The molecule has 0 radical (unpaired) electrons. The summed E-state index contributed by atoms with van der Waals surface area (Å²) in [5, 5.41) is 2.75. The second-order valence-corrected chi connectivity index (χ2v) is 4.63. The minimum Gasteiger partial charge on any atom is -0.317 e. The zero-order chi connectivity index (χ0) is 13.1. The highest BCUT2D eigenvalue weighted by Gasteiger charge is 2.14. The molecule has 0 saturated heterocycles. The second-order valence-electron chi connectivity index (χ2n) is 3.77. The lowest BCUT2D eigenvalue weighted by molar-refractivity contribution is 0.102. The van der Waals surface area contributed by atoms with Crippen LogP contribution in [0.3, 0.4) is 0 Å². The van der Waals surface area contributed by atoms with Crippen molar-refractivity contribution in [3.8, 4) is 0 Å². The number of carbonyl (C=O) groups excluding carboxylic acids is 1. The van der Waals surface area contributed by atoms with Gasteiger partial charge in [0.15, 0.2) is 0 Å². The number of amides is 1. The molecule has 0 saturated carbocycles. The zero-order valence-corrected chi connectivity index (χ0v) is 11.7. The van der Waals surface area contributed by atoms with Gasteiger partial charge >= 0.3 is 0 Å². The Balaban J connectivity index is 2.25. The molecule has 0 aromatic carbocycles. The van der Waals surface area contributed by atoms with Crippen molar-refractivity contribution < 1.29 is 4.79 Å². The van der Waals surface area contributed by atoms with E-state index in [4.69, 9.17) is 0 Å². The fourth-order valence-electron chi connectivity index (χ4n) is 1.55. The van der Waals surface area contributed by atoms with Crippen LogP contribution in [0.4, 0.5) is 5.95 Å². The predicted octanol–water partition coefficient (Wildman–Crippen LogP) is 2.62. The maximum absolute atomic E-state index is 12.1. The van der Waals surface area contributed by atoms with E-state index in [1.54, 1.807) is 6.20 Å². The first-order valence-corrected chi connectivity index (χ1v) is 6.36. The zero-order valence-electron chi connectivity index (χ0n) is 10.1. The third kappa shape index (κ3) is 2.59. The van der Waals surface area contributed by atoms with E-state index < -0.39 is 0 Å².